The Morgan fingerprint density at radius 2 is 1.79 bits per heavy atom. The van der Waals surface area contributed by atoms with Crippen molar-refractivity contribution >= 4 is 27.5 Å². The number of rotatable bonds is 6. The van der Waals surface area contributed by atoms with Crippen LogP contribution in [0, 0.1) is 11.6 Å². The number of pyridine rings is 1. The van der Waals surface area contributed by atoms with Crippen LogP contribution in [0.1, 0.15) is 57.9 Å². The molecule has 10 heteroatoms. The van der Waals surface area contributed by atoms with E-state index in [9.17, 15) is 14.6 Å². The average molecular weight is 590 g/mol. The SMILES string of the molecule is CCc1c(F)ccc2cc(O)cc(-c3ncc4c(N5CCCC(C)(O)C5)nc(OCC56CCCN5CCC6)nc4c3F)c12. The standard InChI is InChI=1S/C33H37F2N5O3/c1-3-22-25(34)8-7-20-15-21(41)16-23(26(20)22)28-27(35)29-24(17-36-28)30(39-12-4-9-32(2,42)18-39)38-31(37-29)43-19-33-10-5-13-40(33)14-6-11-33/h7-8,15-17,41-42H,3-6,9-14,18-19H2,1-2H3. The molecule has 3 aliphatic heterocycles. The van der Waals surface area contributed by atoms with Gasteiger partial charge in [0, 0.05) is 24.8 Å². The minimum Gasteiger partial charge on any atom is -0.508 e. The van der Waals surface area contributed by atoms with Crippen LogP contribution in [0.2, 0.25) is 0 Å². The van der Waals surface area contributed by atoms with Crippen molar-refractivity contribution in [3.8, 4) is 23.0 Å². The highest BCUT2D eigenvalue weighted by Crippen LogP contribution is 2.41. The van der Waals surface area contributed by atoms with E-state index >= 15 is 4.39 Å². The molecule has 0 radical (unpaired) electrons. The van der Waals surface area contributed by atoms with Crippen LogP contribution in [0.3, 0.4) is 0 Å². The molecular formula is C33H37F2N5O3. The van der Waals surface area contributed by atoms with Crippen LogP contribution in [0.15, 0.2) is 30.5 Å². The molecule has 226 valence electrons. The van der Waals surface area contributed by atoms with Gasteiger partial charge in [0.05, 0.1) is 16.5 Å². The summed E-state index contributed by atoms with van der Waals surface area (Å²) in [7, 11) is 0. The third-order valence-electron chi connectivity index (χ3n) is 9.66. The zero-order chi connectivity index (χ0) is 29.9. The lowest BCUT2D eigenvalue weighted by Gasteiger charge is -2.38. The molecule has 1 atom stereocenters. The van der Waals surface area contributed by atoms with E-state index < -0.39 is 17.2 Å². The zero-order valence-corrected chi connectivity index (χ0v) is 24.7. The van der Waals surface area contributed by atoms with Crippen LogP contribution in [0.4, 0.5) is 14.6 Å². The molecule has 2 aromatic heterocycles. The Balaban J connectivity index is 1.39. The lowest BCUT2D eigenvalue weighted by Crippen LogP contribution is -2.46. The van der Waals surface area contributed by atoms with Gasteiger partial charge < -0.3 is 19.8 Å². The van der Waals surface area contributed by atoms with Gasteiger partial charge in [-0.25, -0.2) is 8.78 Å². The van der Waals surface area contributed by atoms with Crippen LogP contribution in [-0.2, 0) is 6.42 Å². The summed E-state index contributed by atoms with van der Waals surface area (Å²) in [6, 6.07) is 5.99. The fourth-order valence-electron chi connectivity index (χ4n) is 7.61. The van der Waals surface area contributed by atoms with E-state index in [1.165, 1.54) is 18.3 Å². The number of fused-ring (bicyclic) bond motifs is 3. The van der Waals surface area contributed by atoms with E-state index in [0.29, 0.717) is 65.6 Å². The lowest BCUT2D eigenvalue weighted by molar-refractivity contribution is 0.0447. The maximum atomic E-state index is 16.7. The van der Waals surface area contributed by atoms with Gasteiger partial charge in [0.15, 0.2) is 5.82 Å². The second-order valence-corrected chi connectivity index (χ2v) is 12.7. The Hall–Kier alpha value is -3.63. The van der Waals surface area contributed by atoms with Crippen molar-refractivity contribution in [3.05, 3.63) is 47.7 Å². The van der Waals surface area contributed by atoms with Crippen LogP contribution in [0.25, 0.3) is 32.9 Å². The molecule has 0 amide bonds. The van der Waals surface area contributed by atoms with Crippen LogP contribution in [-0.4, -0.2) is 74.0 Å². The van der Waals surface area contributed by atoms with Gasteiger partial charge in [-0.15, -0.1) is 0 Å². The van der Waals surface area contributed by atoms with Crippen LogP contribution in [0.5, 0.6) is 11.8 Å². The number of benzene rings is 2. The first kappa shape index (κ1) is 28.2. The number of β-amino-alcohol motifs (C(OH)–C–C–N with tert-alkyl or cyclic N) is 1. The van der Waals surface area contributed by atoms with Gasteiger partial charge in [0.25, 0.3) is 0 Å². The smallest absolute Gasteiger partial charge is 0.319 e. The fourth-order valence-corrected chi connectivity index (χ4v) is 7.61. The summed E-state index contributed by atoms with van der Waals surface area (Å²) >= 11 is 0. The van der Waals surface area contributed by atoms with Gasteiger partial charge in [-0.2, -0.15) is 9.97 Å². The molecule has 4 aromatic rings. The largest absolute Gasteiger partial charge is 0.508 e. The number of nitrogens with zero attached hydrogens (tertiary/aromatic N) is 5. The summed E-state index contributed by atoms with van der Waals surface area (Å²) in [5.41, 5.74) is -0.248. The van der Waals surface area contributed by atoms with E-state index in [-0.39, 0.29) is 28.5 Å². The third-order valence-corrected chi connectivity index (χ3v) is 9.66. The zero-order valence-electron chi connectivity index (χ0n) is 24.7. The van der Waals surface area contributed by atoms with E-state index in [4.69, 9.17) is 9.72 Å². The Morgan fingerprint density at radius 1 is 1.02 bits per heavy atom. The topological polar surface area (TPSA) is 94.8 Å². The summed E-state index contributed by atoms with van der Waals surface area (Å²) in [5, 5.41) is 22.9. The van der Waals surface area contributed by atoms with Crippen molar-refractivity contribution in [3.63, 3.8) is 0 Å². The normalized spacial score (nSPS) is 22.0. The number of phenolic OH excluding ortho intramolecular Hbond substituents is 1. The summed E-state index contributed by atoms with van der Waals surface area (Å²) in [6.07, 6.45) is 7.67. The number of aromatic nitrogens is 3. The molecule has 0 bridgehead atoms. The molecule has 5 heterocycles. The van der Waals surface area contributed by atoms with E-state index in [1.54, 1.807) is 19.1 Å². The number of phenols is 1. The predicted octanol–water partition coefficient (Wildman–Crippen LogP) is 5.75. The molecule has 2 aromatic carbocycles. The fraction of sp³-hybridized carbons (Fsp3) is 0.485. The number of aryl methyl sites for hydroxylation is 1. The van der Waals surface area contributed by atoms with E-state index in [0.717, 1.165) is 45.2 Å². The molecule has 43 heavy (non-hydrogen) atoms. The van der Waals surface area contributed by atoms with Crippen molar-refractivity contribution < 1.29 is 23.7 Å². The molecule has 3 saturated heterocycles. The molecule has 0 aliphatic carbocycles. The predicted molar refractivity (Wildman–Crippen MR) is 162 cm³/mol. The minimum absolute atomic E-state index is 0.0355. The van der Waals surface area contributed by atoms with Gasteiger partial charge in [-0.05, 0) is 99.5 Å². The van der Waals surface area contributed by atoms with Crippen molar-refractivity contribution in [1.82, 2.24) is 19.9 Å². The van der Waals surface area contributed by atoms with Crippen LogP contribution < -0.4 is 9.64 Å². The Kier molecular flexibility index (Phi) is 6.89. The van der Waals surface area contributed by atoms with E-state index in [2.05, 4.69) is 14.9 Å². The summed E-state index contributed by atoms with van der Waals surface area (Å²) in [6.45, 7) is 7.13. The molecule has 1 unspecified atom stereocenters. The quantitative estimate of drug-likeness (QED) is 0.294. The highest BCUT2D eigenvalue weighted by Gasteiger charge is 2.45. The van der Waals surface area contributed by atoms with Crippen molar-refractivity contribution in [1.29, 1.82) is 0 Å². The number of ether oxygens (including phenoxy) is 1. The highest BCUT2D eigenvalue weighted by molar-refractivity contribution is 6.01. The number of anilines is 1. The van der Waals surface area contributed by atoms with Gasteiger partial charge in [0.2, 0.25) is 0 Å². The Bertz CT molecular complexity index is 1720. The number of piperidine rings is 1. The van der Waals surface area contributed by atoms with E-state index in [1.807, 2.05) is 11.8 Å². The van der Waals surface area contributed by atoms with Gasteiger partial charge in [-0.3, -0.25) is 9.88 Å². The number of halogens is 2. The second-order valence-electron chi connectivity index (χ2n) is 12.7. The average Bonchev–Trinajstić information content (AvgIpc) is 3.56. The highest BCUT2D eigenvalue weighted by atomic mass is 19.1. The molecule has 3 fully saturated rings. The number of hydrogen-bond donors (Lipinski definition) is 2. The second kappa shape index (κ2) is 10.5. The lowest BCUT2D eigenvalue weighted by atomic mass is 9.94. The maximum Gasteiger partial charge on any atom is 0.319 e. The maximum absolute atomic E-state index is 16.7. The number of aliphatic hydroxyl groups is 1. The number of hydrogen-bond acceptors (Lipinski definition) is 8. The molecule has 7 rings (SSSR count). The van der Waals surface area contributed by atoms with Crippen molar-refractivity contribution in [2.24, 2.45) is 0 Å². The Labute approximate surface area is 249 Å². The monoisotopic (exact) mass is 589 g/mol. The molecular weight excluding hydrogens is 552 g/mol. The van der Waals surface area contributed by atoms with Crippen molar-refractivity contribution in [2.45, 2.75) is 69.9 Å². The molecule has 8 nitrogen and oxygen atoms in total. The first-order valence-corrected chi connectivity index (χ1v) is 15.3. The van der Waals surface area contributed by atoms with Gasteiger partial charge in [0.1, 0.15) is 35.2 Å². The minimum atomic E-state index is -0.920. The summed E-state index contributed by atoms with van der Waals surface area (Å²) in [5.74, 6) is -0.703. The molecule has 0 saturated carbocycles. The van der Waals surface area contributed by atoms with Gasteiger partial charge >= 0.3 is 6.01 Å². The molecule has 3 aliphatic rings. The summed E-state index contributed by atoms with van der Waals surface area (Å²) < 4.78 is 37.9. The third kappa shape index (κ3) is 4.84. The number of aromatic hydroxyl groups is 1. The first-order chi connectivity index (χ1) is 20.7. The van der Waals surface area contributed by atoms with Gasteiger partial charge in [-0.1, -0.05) is 13.0 Å². The summed E-state index contributed by atoms with van der Waals surface area (Å²) in [4.78, 5) is 18.3. The molecule has 2 N–H and O–H groups in total. The Morgan fingerprint density at radius 3 is 2.53 bits per heavy atom. The molecule has 0 spiro atoms. The van der Waals surface area contributed by atoms with Crippen molar-refractivity contribution in [2.75, 3.05) is 37.7 Å². The van der Waals surface area contributed by atoms with Crippen LogP contribution >= 0.6 is 0 Å². The first-order valence-electron chi connectivity index (χ1n) is 15.3.